The number of ether oxygens (including phenoxy) is 1. The molecule has 1 aromatic carbocycles. The Bertz CT molecular complexity index is 323. The minimum atomic E-state index is 0.850. The van der Waals surface area contributed by atoms with Gasteiger partial charge in [0.15, 0.2) is 0 Å². The van der Waals surface area contributed by atoms with Crippen LogP contribution < -0.4 is 9.64 Å². The summed E-state index contributed by atoms with van der Waals surface area (Å²) in [7, 11) is 1.71. The zero-order valence-electron chi connectivity index (χ0n) is 8.44. The van der Waals surface area contributed by atoms with Gasteiger partial charge in [-0.05, 0) is 43.5 Å². The molecular weight excluding hydrogens is 174 g/mol. The van der Waals surface area contributed by atoms with Crippen molar-refractivity contribution in [1.29, 1.82) is 0 Å². The topological polar surface area (TPSA) is 12.2 Å². The van der Waals surface area contributed by atoms with Gasteiger partial charge in [-0.1, -0.05) is 0 Å². The zero-order chi connectivity index (χ0) is 9.54. The van der Waals surface area contributed by atoms with Gasteiger partial charge >= 0.3 is 0 Å². The zero-order valence-corrected chi connectivity index (χ0v) is 8.44. The van der Waals surface area contributed by atoms with E-state index < -0.39 is 0 Å². The lowest BCUT2D eigenvalue weighted by molar-refractivity contribution is 0.415. The first kappa shape index (κ1) is 8.16. The number of methoxy groups -OCH3 is 1. The molecule has 0 aromatic heterocycles. The van der Waals surface area contributed by atoms with E-state index in [9.17, 15) is 0 Å². The molecule has 1 aliphatic heterocycles. The van der Waals surface area contributed by atoms with Crippen molar-refractivity contribution in [2.75, 3.05) is 12.0 Å². The maximum atomic E-state index is 5.14. The fourth-order valence-corrected chi connectivity index (χ4v) is 2.67. The van der Waals surface area contributed by atoms with E-state index in [2.05, 4.69) is 17.0 Å². The second-order valence-electron chi connectivity index (χ2n) is 4.17. The summed E-state index contributed by atoms with van der Waals surface area (Å²) in [5.74, 6) is 0.945. The number of piperidine rings is 1. The van der Waals surface area contributed by atoms with Crippen LogP contribution in [0.4, 0.5) is 5.69 Å². The van der Waals surface area contributed by atoms with E-state index in [4.69, 9.17) is 4.74 Å². The minimum Gasteiger partial charge on any atom is -0.497 e. The van der Waals surface area contributed by atoms with E-state index in [1.54, 1.807) is 7.11 Å². The predicted molar refractivity (Wildman–Crippen MR) is 56.9 cm³/mol. The van der Waals surface area contributed by atoms with Gasteiger partial charge in [-0.3, -0.25) is 0 Å². The van der Waals surface area contributed by atoms with E-state index in [0.29, 0.717) is 0 Å². The Hall–Kier alpha value is -1.18. The Labute approximate surface area is 84.5 Å². The minimum absolute atomic E-state index is 0.850. The van der Waals surface area contributed by atoms with Gasteiger partial charge in [-0.15, -0.1) is 0 Å². The SMILES string of the molecule is COc1ccc(N2C3CCCC32)cc1. The van der Waals surface area contributed by atoms with Crippen molar-refractivity contribution in [1.82, 2.24) is 0 Å². The van der Waals surface area contributed by atoms with Gasteiger partial charge in [0.05, 0.1) is 7.11 Å². The third-order valence-corrected chi connectivity index (χ3v) is 3.44. The normalized spacial score (nSPS) is 28.8. The molecule has 0 spiro atoms. The molecular formula is C12H15NO. The molecule has 1 heterocycles. The van der Waals surface area contributed by atoms with Gasteiger partial charge in [-0.25, -0.2) is 0 Å². The maximum absolute atomic E-state index is 5.14. The summed E-state index contributed by atoms with van der Waals surface area (Å²) in [4.78, 5) is 2.53. The van der Waals surface area contributed by atoms with Crippen LogP contribution in [-0.2, 0) is 0 Å². The summed E-state index contributed by atoms with van der Waals surface area (Å²) in [6.45, 7) is 0. The molecule has 1 aliphatic carbocycles. The van der Waals surface area contributed by atoms with Crippen molar-refractivity contribution in [3.05, 3.63) is 24.3 Å². The lowest BCUT2D eigenvalue weighted by atomic mass is 10.2. The molecule has 74 valence electrons. The van der Waals surface area contributed by atoms with Gasteiger partial charge in [-0.2, -0.15) is 0 Å². The van der Waals surface area contributed by atoms with E-state index in [1.165, 1.54) is 24.9 Å². The van der Waals surface area contributed by atoms with Crippen LogP contribution >= 0.6 is 0 Å². The first-order valence-corrected chi connectivity index (χ1v) is 5.32. The fourth-order valence-electron chi connectivity index (χ4n) is 2.67. The van der Waals surface area contributed by atoms with Crippen LogP contribution in [0.1, 0.15) is 19.3 Å². The van der Waals surface area contributed by atoms with Gasteiger partial charge in [0, 0.05) is 17.8 Å². The lowest BCUT2D eigenvalue weighted by Gasteiger charge is -2.09. The predicted octanol–water partition coefficient (Wildman–Crippen LogP) is 2.44. The van der Waals surface area contributed by atoms with E-state index in [1.807, 2.05) is 12.1 Å². The highest BCUT2D eigenvalue weighted by atomic mass is 16.5. The van der Waals surface area contributed by atoms with Crippen molar-refractivity contribution in [2.24, 2.45) is 0 Å². The van der Waals surface area contributed by atoms with Gasteiger partial charge in [0.1, 0.15) is 5.75 Å². The van der Waals surface area contributed by atoms with Crippen LogP contribution in [-0.4, -0.2) is 19.2 Å². The molecule has 14 heavy (non-hydrogen) atoms. The number of rotatable bonds is 2. The molecule has 1 aromatic rings. The first-order valence-electron chi connectivity index (χ1n) is 5.32. The second kappa shape index (κ2) is 2.91. The van der Waals surface area contributed by atoms with Crippen molar-refractivity contribution in [3.8, 4) is 5.75 Å². The molecule has 3 rings (SSSR count). The van der Waals surface area contributed by atoms with Gasteiger partial charge in [0.2, 0.25) is 0 Å². The van der Waals surface area contributed by atoms with Gasteiger partial charge < -0.3 is 9.64 Å². The van der Waals surface area contributed by atoms with Crippen LogP contribution in [0.5, 0.6) is 5.75 Å². The average molecular weight is 189 g/mol. The molecule has 0 radical (unpaired) electrons. The highest BCUT2D eigenvalue weighted by Crippen LogP contribution is 2.45. The quantitative estimate of drug-likeness (QED) is 0.662. The Morgan fingerprint density at radius 3 is 2.36 bits per heavy atom. The third kappa shape index (κ3) is 1.10. The molecule has 2 fully saturated rings. The number of nitrogens with zero attached hydrogens (tertiary/aromatic N) is 1. The second-order valence-corrected chi connectivity index (χ2v) is 4.17. The molecule has 1 saturated carbocycles. The van der Waals surface area contributed by atoms with Crippen LogP contribution in [0.25, 0.3) is 0 Å². The van der Waals surface area contributed by atoms with Crippen molar-refractivity contribution < 1.29 is 4.74 Å². The number of anilines is 1. The first-order chi connectivity index (χ1) is 6.90. The van der Waals surface area contributed by atoms with Gasteiger partial charge in [0.25, 0.3) is 0 Å². The Morgan fingerprint density at radius 1 is 1.14 bits per heavy atom. The highest BCUT2D eigenvalue weighted by Gasteiger charge is 2.50. The number of fused-ring (bicyclic) bond motifs is 1. The Balaban J connectivity index is 1.78. The van der Waals surface area contributed by atoms with Crippen LogP contribution in [0, 0.1) is 0 Å². The summed E-state index contributed by atoms with van der Waals surface area (Å²) >= 11 is 0. The number of hydrogen-bond acceptors (Lipinski definition) is 2. The van der Waals surface area contributed by atoms with E-state index >= 15 is 0 Å². The molecule has 0 bridgehead atoms. The third-order valence-electron chi connectivity index (χ3n) is 3.44. The lowest BCUT2D eigenvalue weighted by Crippen LogP contribution is -2.02. The summed E-state index contributed by atoms with van der Waals surface area (Å²) in [5, 5.41) is 0. The average Bonchev–Trinajstić information content (AvgIpc) is 2.72. The van der Waals surface area contributed by atoms with Crippen molar-refractivity contribution in [2.45, 2.75) is 31.3 Å². The molecule has 0 amide bonds. The van der Waals surface area contributed by atoms with Crippen molar-refractivity contribution >= 4 is 5.69 Å². The summed E-state index contributed by atoms with van der Waals surface area (Å²) in [6, 6.07) is 10.1. The number of hydrogen-bond donors (Lipinski definition) is 0. The van der Waals surface area contributed by atoms with E-state index in [0.717, 1.165) is 17.8 Å². The van der Waals surface area contributed by atoms with Crippen LogP contribution in [0.3, 0.4) is 0 Å². The molecule has 2 nitrogen and oxygen atoms in total. The standard InChI is InChI=1S/C12H15NO/c1-14-10-7-5-9(6-8-10)13-11-3-2-4-12(11)13/h5-8,11-12H,2-4H2,1H3. The molecule has 2 atom stereocenters. The van der Waals surface area contributed by atoms with E-state index in [-0.39, 0.29) is 0 Å². The number of benzene rings is 1. The summed E-state index contributed by atoms with van der Waals surface area (Å²) in [5.41, 5.74) is 1.36. The highest BCUT2D eigenvalue weighted by molar-refractivity contribution is 5.58. The molecule has 0 N–H and O–H groups in total. The fraction of sp³-hybridized carbons (Fsp3) is 0.500. The summed E-state index contributed by atoms with van der Waals surface area (Å²) in [6.07, 6.45) is 4.19. The summed E-state index contributed by atoms with van der Waals surface area (Å²) < 4.78 is 5.14. The van der Waals surface area contributed by atoms with Crippen LogP contribution in [0.2, 0.25) is 0 Å². The monoisotopic (exact) mass is 189 g/mol. The molecule has 2 aliphatic rings. The molecule has 1 saturated heterocycles. The largest absolute Gasteiger partial charge is 0.497 e. The maximum Gasteiger partial charge on any atom is 0.119 e. The smallest absolute Gasteiger partial charge is 0.119 e. The molecule has 2 heteroatoms. The van der Waals surface area contributed by atoms with Crippen molar-refractivity contribution in [3.63, 3.8) is 0 Å². The Morgan fingerprint density at radius 2 is 1.79 bits per heavy atom. The molecule has 2 unspecified atom stereocenters. The van der Waals surface area contributed by atoms with Crippen LogP contribution in [0.15, 0.2) is 24.3 Å². The Kier molecular flexibility index (Phi) is 1.69.